The SMILES string of the molecule is CONC(N)=Nc1ccc([N+](=O)[O-])cc1. The van der Waals surface area contributed by atoms with Gasteiger partial charge in [-0.15, -0.1) is 0 Å². The average molecular weight is 210 g/mol. The number of rotatable bonds is 3. The van der Waals surface area contributed by atoms with E-state index in [-0.39, 0.29) is 11.6 Å². The molecule has 0 heterocycles. The molecule has 0 bridgehead atoms. The minimum Gasteiger partial charge on any atom is -0.368 e. The third-order valence-electron chi connectivity index (χ3n) is 1.52. The second-order valence-corrected chi connectivity index (χ2v) is 2.58. The van der Waals surface area contributed by atoms with Crippen molar-refractivity contribution in [3.05, 3.63) is 34.4 Å². The molecule has 0 fully saturated rings. The highest BCUT2D eigenvalue weighted by Crippen LogP contribution is 2.17. The number of aliphatic imine (C=N–C) groups is 1. The first-order valence-corrected chi connectivity index (χ1v) is 4.01. The molecule has 1 rings (SSSR count). The van der Waals surface area contributed by atoms with Gasteiger partial charge in [-0.1, -0.05) is 0 Å². The van der Waals surface area contributed by atoms with Crippen molar-refractivity contribution in [3.8, 4) is 0 Å². The van der Waals surface area contributed by atoms with Crippen LogP contribution in [0.2, 0.25) is 0 Å². The van der Waals surface area contributed by atoms with Crippen LogP contribution < -0.4 is 11.2 Å². The Bertz CT molecular complexity index is 374. The Kier molecular flexibility index (Phi) is 3.58. The second kappa shape index (κ2) is 4.91. The Hall–Kier alpha value is -2.15. The van der Waals surface area contributed by atoms with E-state index in [1.807, 2.05) is 0 Å². The van der Waals surface area contributed by atoms with E-state index in [0.29, 0.717) is 5.69 Å². The van der Waals surface area contributed by atoms with Crippen LogP contribution >= 0.6 is 0 Å². The number of nitro groups is 1. The molecule has 7 heteroatoms. The van der Waals surface area contributed by atoms with Crippen molar-refractivity contribution in [1.82, 2.24) is 5.48 Å². The zero-order valence-corrected chi connectivity index (χ0v) is 8.01. The molecule has 1 aromatic carbocycles. The number of hydroxylamine groups is 1. The van der Waals surface area contributed by atoms with Crippen LogP contribution in [-0.4, -0.2) is 18.0 Å². The van der Waals surface area contributed by atoms with E-state index in [4.69, 9.17) is 5.73 Å². The van der Waals surface area contributed by atoms with Crippen molar-refractivity contribution in [2.45, 2.75) is 0 Å². The van der Waals surface area contributed by atoms with Gasteiger partial charge in [0.1, 0.15) is 0 Å². The highest BCUT2D eigenvalue weighted by molar-refractivity contribution is 5.79. The van der Waals surface area contributed by atoms with Crippen LogP contribution in [0.4, 0.5) is 11.4 Å². The summed E-state index contributed by atoms with van der Waals surface area (Å²) in [6.07, 6.45) is 0. The summed E-state index contributed by atoms with van der Waals surface area (Å²) in [7, 11) is 1.40. The minimum atomic E-state index is -0.482. The predicted octanol–water partition coefficient (Wildman–Crippen LogP) is 0.692. The number of nitrogens with two attached hydrogens (primary N) is 1. The molecule has 0 saturated heterocycles. The number of nitrogens with one attached hydrogen (secondary N) is 1. The van der Waals surface area contributed by atoms with Crippen LogP contribution in [-0.2, 0) is 4.84 Å². The van der Waals surface area contributed by atoms with Gasteiger partial charge in [0.2, 0.25) is 5.96 Å². The van der Waals surface area contributed by atoms with Crippen LogP contribution in [0.15, 0.2) is 29.3 Å². The second-order valence-electron chi connectivity index (χ2n) is 2.58. The Morgan fingerprint density at radius 3 is 2.60 bits per heavy atom. The largest absolute Gasteiger partial charge is 0.368 e. The van der Waals surface area contributed by atoms with Gasteiger partial charge in [-0.3, -0.25) is 15.0 Å². The van der Waals surface area contributed by atoms with Crippen molar-refractivity contribution in [1.29, 1.82) is 0 Å². The lowest BCUT2D eigenvalue weighted by Gasteiger charge is -2.00. The summed E-state index contributed by atoms with van der Waals surface area (Å²) in [6, 6.07) is 5.67. The van der Waals surface area contributed by atoms with E-state index < -0.39 is 4.92 Å². The number of non-ortho nitro benzene ring substituents is 1. The Morgan fingerprint density at radius 2 is 2.13 bits per heavy atom. The maximum absolute atomic E-state index is 10.3. The summed E-state index contributed by atoms with van der Waals surface area (Å²) in [5.74, 6) is 0.0753. The quantitative estimate of drug-likeness (QED) is 0.330. The number of nitrogens with zero attached hydrogens (tertiary/aromatic N) is 2. The van der Waals surface area contributed by atoms with E-state index in [1.165, 1.54) is 31.4 Å². The molecule has 0 aliphatic carbocycles. The lowest BCUT2D eigenvalue weighted by Crippen LogP contribution is -2.29. The fraction of sp³-hybridized carbons (Fsp3) is 0.125. The molecular formula is C8H10N4O3. The van der Waals surface area contributed by atoms with Gasteiger partial charge < -0.3 is 5.73 Å². The van der Waals surface area contributed by atoms with Gasteiger partial charge in [0.05, 0.1) is 17.7 Å². The molecule has 15 heavy (non-hydrogen) atoms. The highest BCUT2D eigenvalue weighted by atomic mass is 16.6. The van der Waals surface area contributed by atoms with E-state index in [1.54, 1.807) is 0 Å². The number of guanidine groups is 1. The zero-order chi connectivity index (χ0) is 11.3. The number of hydrogen-bond donors (Lipinski definition) is 2. The summed E-state index contributed by atoms with van der Waals surface area (Å²) >= 11 is 0. The first-order valence-electron chi connectivity index (χ1n) is 4.01. The molecule has 7 nitrogen and oxygen atoms in total. The first-order chi connectivity index (χ1) is 7.13. The Morgan fingerprint density at radius 1 is 1.53 bits per heavy atom. The van der Waals surface area contributed by atoms with Crippen LogP contribution in [0.25, 0.3) is 0 Å². The van der Waals surface area contributed by atoms with Crippen LogP contribution in [0.3, 0.4) is 0 Å². The van der Waals surface area contributed by atoms with Gasteiger partial charge in [-0.2, -0.15) is 0 Å². The average Bonchev–Trinajstić information content (AvgIpc) is 2.18. The van der Waals surface area contributed by atoms with E-state index in [2.05, 4.69) is 15.3 Å². The van der Waals surface area contributed by atoms with Gasteiger partial charge in [-0.25, -0.2) is 10.5 Å². The molecule has 0 aliphatic rings. The third-order valence-corrected chi connectivity index (χ3v) is 1.52. The zero-order valence-electron chi connectivity index (χ0n) is 8.01. The maximum Gasteiger partial charge on any atom is 0.269 e. The minimum absolute atomic E-state index is 0.00669. The summed E-state index contributed by atoms with van der Waals surface area (Å²) in [4.78, 5) is 18.3. The van der Waals surface area contributed by atoms with Crippen molar-refractivity contribution >= 4 is 17.3 Å². The molecule has 0 amide bonds. The molecule has 80 valence electrons. The molecule has 0 atom stereocenters. The monoisotopic (exact) mass is 210 g/mol. The van der Waals surface area contributed by atoms with Crippen LogP contribution in [0, 0.1) is 10.1 Å². The number of nitro benzene ring substituents is 1. The predicted molar refractivity (Wildman–Crippen MR) is 54.5 cm³/mol. The topological polar surface area (TPSA) is 103 Å². The lowest BCUT2D eigenvalue weighted by molar-refractivity contribution is -0.384. The van der Waals surface area contributed by atoms with Crippen LogP contribution in [0.5, 0.6) is 0 Å². The molecule has 0 spiro atoms. The van der Waals surface area contributed by atoms with Gasteiger partial charge >= 0.3 is 0 Å². The Balaban J connectivity index is 2.80. The van der Waals surface area contributed by atoms with E-state index in [0.717, 1.165) is 0 Å². The summed E-state index contributed by atoms with van der Waals surface area (Å²) in [5, 5.41) is 10.3. The fourth-order valence-corrected chi connectivity index (χ4v) is 0.915. The van der Waals surface area contributed by atoms with Crippen molar-refractivity contribution in [2.24, 2.45) is 10.7 Å². The van der Waals surface area contributed by atoms with Crippen LogP contribution in [0.1, 0.15) is 0 Å². The van der Waals surface area contributed by atoms with Crippen molar-refractivity contribution in [3.63, 3.8) is 0 Å². The molecular weight excluding hydrogens is 200 g/mol. The maximum atomic E-state index is 10.3. The molecule has 0 unspecified atom stereocenters. The van der Waals surface area contributed by atoms with Crippen molar-refractivity contribution < 1.29 is 9.76 Å². The number of benzene rings is 1. The molecule has 0 aromatic heterocycles. The molecule has 0 radical (unpaired) electrons. The smallest absolute Gasteiger partial charge is 0.269 e. The standard InChI is InChI=1S/C8H10N4O3/c1-15-11-8(9)10-6-2-4-7(5-3-6)12(13)14/h2-5H,1H3,(H3,9,10,11). The summed E-state index contributed by atoms with van der Waals surface area (Å²) < 4.78 is 0. The summed E-state index contributed by atoms with van der Waals surface area (Å²) in [6.45, 7) is 0. The van der Waals surface area contributed by atoms with E-state index >= 15 is 0 Å². The summed E-state index contributed by atoms with van der Waals surface area (Å²) in [5.41, 5.74) is 8.23. The molecule has 1 aromatic rings. The molecule has 0 aliphatic heterocycles. The van der Waals surface area contributed by atoms with E-state index in [9.17, 15) is 10.1 Å². The normalized spacial score (nSPS) is 11.1. The lowest BCUT2D eigenvalue weighted by atomic mass is 10.3. The van der Waals surface area contributed by atoms with Gasteiger partial charge in [0.15, 0.2) is 0 Å². The fourth-order valence-electron chi connectivity index (χ4n) is 0.915. The molecule has 0 saturated carbocycles. The van der Waals surface area contributed by atoms with Gasteiger partial charge in [0.25, 0.3) is 5.69 Å². The third kappa shape index (κ3) is 3.24. The Labute approximate surface area is 85.7 Å². The number of hydrogen-bond acceptors (Lipinski definition) is 4. The molecule has 3 N–H and O–H groups in total. The van der Waals surface area contributed by atoms with Gasteiger partial charge in [-0.05, 0) is 12.1 Å². The first kappa shape index (κ1) is 10.9. The highest BCUT2D eigenvalue weighted by Gasteiger charge is 2.03. The van der Waals surface area contributed by atoms with Crippen molar-refractivity contribution in [2.75, 3.05) is 7.11 Å². The van der Waals surface area contributed by atoms with Gasteiger partial charge in [0, 0.05) is 12.1 Å².